The highest BCUT2D eigenvalue weighted by atomic mass is 32.1. The van der Waals surface area contributed by atoms with E-state index in [4.69, 9.17) is 5.11 Å². The van der Waals surface area contributed by atoms with Gasteiger partial charge in [0.05, 0.1) is 5.56 Å². The van der Waals surface area contributed by atoms with Gasteiger partial charge in [0.2, 0.25) is 0 Å². The Morgan fingerprint density at radius 2 is 2.10 bits per heavy atom. The number of rotatable bonds is 4. The number of aryl methyl sites for hydroxylation is 1. The zero-order valence-electron chi connectivity index (χ0n) is 10.8. The van der Waals surface area contributed by atoms with Crippen molar-refractivity contribution in [1.82, 2.24) is 0 Å². The van der Waals surface area contributed by atoms with Crippen LogP contribution in [0, 0.1) is 6.92 Å². The molecule has 0 saturated carbocycles. The molecule has 2 aromatic rings. The molecule has 1 aromatic heterocycles. The van der Waals surface area contributed by atoms with Crippen LogP contribution in [0.1, 0.15) is 21.5 Å². The van der Waals surface area contributed by atoms with E-state index in [2.05, 4.69) is 5.32 Å². The number of benzene rings is 1. The fourth-order valence-electron chi connectivity index (χ4n) is 1.66. The number of hydrogen-bond acceptors (Lipinski definition) is 3. The lowest BCUT2D eigenvalue weighted by molar-refractivity contribution is -0.131. The molecule has 0 unspecified atom stereocenters. The van der Waals surface area contributed by atoms with Crippen LogP contribution in [-0.4, -0.2) is 17.0 Å². The topological polar surface area (TPSA) is 66.4 Å². The van der Waals surface area contributed by atoms with Crippen LogP contribution in [0.3, 0.4) is 0 Å². The third kappa shape index (κ3) is 3.55. The Morgan fingerprint density at radius 1 is 1.30 bits per heavy atom. The Labute approximate surface area is 120 Å². The van der Waals surface area contributed by atoms with E-state index in [1.807, 2.05) is 18.4 Å². The first-order valence-corrected chi connectivity index (χ1v) is 6.86. The van der Waals surface area contributed by atoms with Gasteiger partial charge in [-0.25, -0.2) is 4.79 Å². The number of aliphatic carboxylic acids is 1. The van der Waals surface area contributed by atoms with Gasteiger partial charge in [0.15, 0.2) is 0 Å². The van der Waals surface area contributed by atoms with Crippen molar-refractivity contribution < 1.29 is 14.7 Å². The van der Waals surface area contributed by atoms with Crippen molar-refractivity contribution >= 4 is 35.0 Å². The maximum atomic E-state index is 11.9. The van der Waals surface area contributed by atoms with Gasteiger partial charge in [-0.15, -0.1) is 0 Å². The van der Waals surface area contributed by atoms with Crippen molar-refractivity contribution in [2.45, 2.75) is 6.92 Å². The minimum atomic E-state index is -1.00. The van der Waals surface area contributed by atoms with E-state index in [1.165, 1.54) is 17.4 Å². The third-order valence-corrected chi connectivity index (χ3v) is 3.41. The van der Waals surface area contributed by atoms with Crippen LogP contribution < -0.4 is 5.32 Å². The van der Waals surface area contributed by atoms with Gasteiger partial charge < -0.3 is 10.4 Å². The molecule has 0 aliphatic carbocycles. The Hall–Kier alpha value is -2.40. The molecule has 2 rings (SSSR count). The SMILES string of the molecule is Cc1ccc(NC(=O)c2ccsc2)cc1C=CC(=O)O. The van der Waals surface area contributed by atoms with Crippen molar-refractivity contribution in [2.24, 2.45) is 0 Å². The quantitative estimate of drug-likeness (QED) is 0.847. The Bertz CT molecular complexity index is 660. The second kappa shape index (κ2) is 6.16. The van der Waals surface area contributed by atoms with Gasteiger partial charge in [0.1, 0.15) is 0 Å². The highest BCUT2D eigenvalue weighted by Crippen LogP contribution is 2.18. The summed E-state index contributed by atoms with van der Waals surface area (Å²) >= 11 is 1.46. The summed E-state index contributed by atoms with van der Waals surface area (Å²) in [6.07, 6.45) is 2.59. The predicted octanol–water partition coefficient (Wildman–Crippen LogP) is 3.41. The molecule has 1 amide bonds. The molecule has 0 fully saturated rings. The third-order valence-electron chi connectivity index (χ3n) is 2.73. The van der Waals surface area contributed by atoms with Gasteiger partial charge in [-0.3, -0.25) is 4.79 Å². The lowest BCUT2D eigenvalue weighted by atomic mass is 10.1. The zero-order valence-corrected chi connectivity index (χ0v) is 11.6. The molecule has 4 nitrogen and oxygen atoms in total. The number of carbonyl (C=O) groups is 2. The number of hydrogen-bond donors (Lipinski definition) is 2. The smallest absolute Gasteiger partial charge is 0.328 e. The van der Waals surface area contributed by atoms with Gasteiger partial charge in [0.25, 0.3) is 5.91 Å². The normalized spacial score (nSPS) is 10.7. The Kier molecular flexibility index (Phi) is 4.32. The first-order chi connectivity index (χ1) is 9.56. The fourth-order valence-corrected chi connectivity index (χ4v) is 2.29. The van der Waals surface area contributed by atoms with Crippen LogP contribution >= 0.6 is 11.3 Å². The summed E-state index contributed by atoms with van der Waals surface area (Å²) in [5.41, 5.74) is 2.95. The van der Waals surface area contributed by atoms with Crippen LogP contribution in [0.25, 0.3) is 6.08 Å². The van der Waals surface area contributed by atoms with Crippen molar-refractivity contribution in [3.8, 4) is 0 Å². The Morgan fingerprint density at radius 3 is 2.75 bits per heavy atom. The second-order valence-electron chi connectivity index (χ2n) is 4.21. The van der Waals surface area contributed by atoms with Gasteiger partial charge in [-0.1, -0.05) is 6.07 Å². The van der Waals surface area contributed by atoms with Gasteiger partial charge in [-0.2, -0.15) is 11.3 Å². The van der Waals surface area contributed by atoms with Gasteiger partial charge in [0, 0.05) is 17.1 Å². The molecule has 102 valence electrons. The van der Waals surface area contributed by atoms with Crippen molar-refractivity contribution in [3.05, 3.63) is 57.8 Å². The molecule has 0 atom stereocenters. The van der Waals surface area contributed by atoms with E-state index in [9.17, 15) is 9.59 Å². The molecule has 0 bridgehead atoms. The molecular formula is C15H13NO3S. The van der Waals surface area contributed by atoms with Gasteiger partial charge >= 0.3 is 5.97 Å². The monoisotopic (exact) mass is 287 g/mol. The Balaban J connectivity index is 2.19. The summed E-state index contributed by atoms with van der Waals surface area (Å²) in [4.78, 5) is 22.5. The van der Waals surface area contributed by atoms with E-state index in [0.717, 1.165) is 17.2 Å². The molecule has 0 spiro atoms. The minimum Gasteiger partial charge on any atom is -0.478 e. The standard InChI is InChI=1S/C15H13NO3S/c1-10-2-4-13(8-11(10)3-5-14(17)18)16-15(19)12-6-7-20-9-12/h2-9H,1H3,(H,16,19)(H,17,18). The van der Waals surface area contributed by atoms with Crippen LogP contribution in [0.15, 0.2) is 41.1 Å². The van der Waals surface area contributed by atoms with Crippen molar-refractivity contribution in [3.63, 3.8) is 0 Å². The molecule has 0 aliphatic heterocycles. The maximum absolute atomic E-state index is 11.9. The maximum Gasteiger partial charge on any atom is 0.328 e. The van der Waals surface area contributed by atoms with E-state index in [0.29, 0.717) is 11.3 Å². The molecule has 0 aliphatic rings. The van der Waals surface area contributed by atoms with E-state index in [1.54, 1.807) is 23.6 Å². The highest BCUT2D eigenvalue weighted by molar-refractivity contribution is 7.08. The minimum absolute atomic E-state index is 0.178. The number of carboxylic acid groups (broad SMARTS) is 1. The molecular weight excluding hydrogens is 274 g/mol. The molecule has 5 heteroatoms. The number of anilines is 1. The van der Waals surface area contributed by atoms with E-state index >= 15 is 0 Å². The number of thiophene rings is 1. The number of carbonyl (C=O) groups excluding carboxylic acids is 1. The number of nitrogens with one attached hydrogen (secondary N) is 1. The van der Waals surface area contributed by atoms with Crippen molar-refractivity contribution in [1.29, 1.82) is 0 Å². The summed E-state index contributed by atoms with van der Waals surface area (Å²) < 4.78 is 0. The molecule has 2 N–H and O–H groups in total. The first-order valence-electron chi connectivity index (χ1n) is 5.91. The van der Waals surface area contributed by atoms with Crippen molar-refractivity contribution in [2.75, 3.05) is 5.32 Å². The summed E-state index contributed by atoms with van der Waals surface area (Å²) in [5, 5.41) is 15.0. The summed E-state index contributed by atoms with van der Waals surface area (Å²) in [7, 11) is 0. The number of carboxylic acids is 1. The second-order valence-corrected chi connectivity index (χ2v) is 4.99. The zero-order chi connectivity index (χ0) is 14.5. The van der Waals surface area contributed by atoms with E-state index < -0.39 is 5.97 Å². The molecule has 1 heterocycles. The summed E-state index contributed by atoms with van der Waals surface area (Å²) in [6.45, 7) is 1.88. The van der Waals surface area contributed by atoms with Crippen LogP contribution in [-0.2, 0) is 4.79 Å². The lowest BCUT2D eigenvalue weighted by Gasteiger charge is -2.07. The highest BCUT2D eigenvalue weighted by Gasteiger charge is 2.07. The number of amides is 1. The van der Waals surface area contributed by atoms with E-state index in [-0.39, 0.29) is 5.91 Å². The van der Waals surface area contributed by atoms with Crippen LogP contribution in [0.2, 0.25) is 0 Å². The predicted molar refractivity (Wildman–Crippen MR) is 80.1 cm³/mol. The first kappa shape index (κ1) is 14.0. The molecule has 1 aromatic carbocycles. The lowest BCUT2D eigenvalue weighted by Crippen LogP contribution is -2.10. The summed E-state index contributed by atoms with van der Waals surface area (Å²) in [6, 6.07) is 7.13. The average molecular weight is 287 g/mol. The molecule has 0 radical (unpaired) electrons. The van der Waals surface area contributed by atoms with Crippen LogP contribution in [0.5, 0.6) is 0 Å². The summed E-state index contributed by atoms with van der Waals surface area (Å²) in [5.74, 6) is -1.18. The fraction of sp³-hybridized carbons (Fsp3) is 0.0667. The molecule has 0 saturated heterocycles. The molecule has 20 heavy (non-hydrogen) atoms. The largest absolute Gasteiger partial charge is 0.478 e. The van der Waals surface area contributed by atoms with Gasteiger partial charge in [-0.05, 0) is 47.7 Å². The van der Waals surface area contributed by atoms with Crippen LogP contribution in [0.4, 0.5) is 5.69 Å². The average Bonchev–Trinajstić information content (AvgIpc) is 2.93.